The lowest BCUT2D eigenvalue weighted by Gasteiger charge is -2.12. The van der Waals surface area contributed by atoms with Gasteiger partial charge in [0.15, 0.2) is 5.96 Å². The van der Waals surface area contributed by atoms with Crippen LogP contribution in [0.1, 0.15) is 12.1 Å². The van der Waals surface area contributed by atoms with Crippen molar-refractivity contribution in [3.8, 4) is 5.75 Å². The first-order chi connectivity index (χ1) is 11.3. The van der Waals surface area contributed by atoms with E-state index < -0.39 is 0 Å². The van der Waals surface area contributed by atoms with E-state index in [4.69, 9.17) is 4.74 Å². The first kappa shape index (κ1) is 20.1. The van der Waals surface area contributed by atoms with Crippen molar-refractivity contribution in [2.24, 2.45) is 4.99 Å². The molecule has 0 amide bonds. The van der Waals surface area contributed by atoms with E-state index in [1.807, 2.05) is 18.2 Å². The first-order valence-corrected chi connectivity index (χ1v) is 7.51. The van der Waals surface area contributed by atoms with Crippen molar-refractivity contribution in [2.45, 2.75) is 13.0 Å². The van der Waals surface area contributed by atoms with Crippen molar-refractivity contribution >= 4 is 29.9 Å². The maximum Gasteiger partial charge on any atom is 0.191 e. The average molecular weight is 444 g/mol. The Labute approximate surface area is 158 Å². The number of nitrogens with one attached hydrogen (secondary N) is 2. The van der Waals surface area contributed by atoms with Crippen LogP contribution in [0.2, 0.25) is 0 Å². The van der Waals surface area contributed by atoms with Gasteiger partial charge in [0, 0.05) is 19.8 Å². The highest BCUT2D eigenvalue weighted by atomic mass is 127. The zero-order chi connectivity index (χ0) is 16.3. The number of aliphatic imine (C=N–C) groups is 1. The molecule has 0 aliphatic heterocycles. The molecule has 0 saturated carbocycles. The predicted molar refractivity (Wildman–Crippen MR) is 104 cm³/mol. The number of nitrogens with zero attached hydrogens (tertiary/aromatic N) is 2. The number of guanidine groups is 1. The summed E-state index contributed by atoms with van der Waals surface area (Å²) in [4.78, 5) is 8.40. The van der Waals surface area contributed by atoms with Gasteiger partial charge in [0.05, 0.1) is 18.8 Å². The summed E-state index contributed by atoms with van der Waals surface area (Å²) in [6.07, 6.45) is 2.57. The third-order valence-corrected chi connectivity index (χ3v) is 3.08. The summed E-state index contributed by atoms with van der Waals surface area (Å²) < 4.78 is 18.3. The Morgan fingerprint density at radius 1 is 1.17 bits per heavy atom. The van der Waals surface area contributed by atoms with Crippen LogP contribution in [0, 0.1) is 5.82 Å². The largest absolute Gasteiger partial charge is 0.494 e. The zero-order valence-electron chi connectivity index (χ0n) is 13.5. The fourth-order valence-corrected chi connectivity index (χ4v) is 1.90. The summed E-state index contributed by atoms with van der Waals surface area (Å²) >= 11 is 0. The highest BCUT2D eigenvalue weighted by Gasteiger charge is 1.99. The fraction of sp³-hybridized carbons (Fsp3) is 0.294. The lowest BCUT2D eigenvalue weighted by atomic mass is 10.3. The lowest BCUT2D eigenvalue weighted by molar-refractivity contribution is 0.310. The molecule has 1 heterocycles. The van der Waals surface area contributed by atoms with Gasteiger partial charge in [-0.3, -0.25) is 9.98 Å². The van der Waals surface area contributed by atoms with E-state index in [1.54, 1.807) is 25.4 Å². The van der Waals surface area contributed by atoms with Gasteiger partial charge in [-0.05, 0) is 42.8 Å². The predicted octanol–water partition coefficient (Wildman–Crippen LogP) is 2.97. The Bertz CT molecular complexity index is 608. The van der Waals surface area contributed by atoms with Gasteiger partial charge in [-0.25, -0.2) is 4.39 Å². The van der Waals surface area contributed by atoms with Gasteiger partial charge in [-0.15, -0.1) is 24.0 Å². The van der Waals surface area contributed by atoms with Gasteiger partial charge < -0.3 is 15.4 Å². The molecule has 2 rings (SSSR count). The molecule has 0 bridgehead atoms. The number of hydrogen-bond donors (Lipinski definition) is 2. The van der Waals surface area contributed by atoms with Gasteiger partial charge in [0.2, 0.25) is 0 Å². The van der Waals surface area contributed by atoms with Crippen LogP contribution >= 0.6 is 24.0 Å². The molecular weight excluding hydrogens is 422 g/mol. The maximum absolute atomic E-state index is 12.8. The molecule has 2 N–H and O–H groups in total. The van der Waals surface area contributed by atoms with E-state index in [2.05, 4.69) is 20.6 Å². The fourth-order valence-electron chi connectivity index (χ4n) is 1.90. The lowest BCUT2D eigenvalue weighted by Crippen LogP contribution is -2.37. The number of rotatable bonds is 7. The summed E-state index contributed by atoms with van der Waals surface area (Å²) in [6.45, 7) is 1.89. The van der Waals surface area contributed by atoms with E-state index >= 15 is 0 Å². The monoisotopic (exact) mass is 444 g/mol. The molecule has 0 unspecified atom stereocenters. The standard InChI is InChI=1S/C17H21FN4O.HI/c1-19-17(22-13-15-5-2-3-10-20-15)21-11-4-12-23-16-8-6-14(18)7-9-16;/h2-3,5-10H,4,11-13H2,1H3,(H2,19,21,22);1H. The molecule has 0 spiro atoms. The summed E-state index contributed by atoms with van der Waals surface area (Å²) in [7, 11) is 1.72. The number of ether oxygens (including phenoxy) is 1. The smallest absolute Gasteiger partial charge is 0.191 e. The zero-order valence-corrected chi connectivity index (χ0v) is 15.9. The van der Waals surface area contributed by atoms with Gasteiger partial charge in [0.1, 0.15) is 11.6 Å². The Hall–Kier alpha value is -1.90. The van der Waals surface area contributed by atoms with E-state index in [9.17, 15) is 4.39 Å². The summed E-state index contributed by atoms with van der Waals surface area (Å²) in [5.74, 6) is 1.13. The number of halogens is 2. The third-order valence-electron chi connectivity index (χ3n) is 3.08. The van der Waals surface area contributed by atoms with E-state index in [1.165, 1.54) is 12.1 Å². The van der Waals surface area contributed by atoms with Gasteiger partial charge >= 0.3 is 0 Å². The molecule has 0 radical (unpaired) electrons. The Balaban J connectivity index is 0.00000288. The van der Waals surface area contributed by atoms with Crippen LogP contribution < -0.4 is 15.4 Å². The quantitative estimate of drug-likeness (QED) is 0.299. The molecule has 5 nitrogen and oxygen atoms in total. The minimum atomic E-state index is -0.262. The molecule has 0 aliphatic rings. The normalized spacial score (nSPS) is 10.7. The minimum Gasteiger partial charge on any atom is -0.494 e. The molecule has 1 aromatic heterocycles. The molecule has 2 aromatic rings. The number of benzene rings is 1. The molecule has 130 valence electrons. The van der Waals surface area contributed by atoms with Gasteiger partial charge in [-0.1, -0.05) is 6.07 Å². The van der Waals surface area contributed by atoms with E-state index in [0.717, 1.165) is 24.6 Å². The van der Waals surface area contributed by atoms with Crippen molar-refractivity contribution in [2.75, 3.05) is 20.2 Å². The molecular formula is C17H22FIN4O. The van der Waals surface area contributed by atoms with Crippen LogP contribution in [-0.2, 0) is 6.54 Å². The second kappa shape index (κ2) is 11.6. The van der Waals surface area contributed by atoms with Crippen molar-refractivity contribution in [3.05, 3.63) is 60.2 Å². The molecule has 7 heteroatoms. The average Bonchev–Trinajstić information content (AvgIpc) is 2.60. The SMILES string of the molecule is CN=C(NCCCOc1ccc(F)cc1)NCc1ccccn1.I. The second-order valence-corrected chi connectivity index (χ2v) is 4.83. The topological polar surface area (TPSA) is 58.5 Å². The van der Waals surface area contributed by atoms with Crippen LogP contribution in [0.3, 0.4) is 0 Å². The number of aromatic nitrogens is 1. The summed E-state index contributed by atoms with van der Waals surface area (Å²) in [6, 6.07) is 11.8. The molecule has 0 saturated heterocycles. The Morgan fingerprint density at radius 2 is 1.96 bits per heavy atom. The van der Waals surface area contributed by atoms with Crippen LogP contribution in [0.5, 0.6) is 5.75 Å². The molecule has 1 aromatic carbocycles. The summed E-state index contributed by atoms with van der Waals surface area (Å²) in [5.41, 5.74) is 0.954. The molecule has 24 heavy (non-hydrogen) atoms. The molecule has 0 aliphatic carbocycles. The Kier molecular flexibility index (Phi) is 9.74. The van der Waals surface area contributed by atoms with Crippen molar-refractivity contribution < 1.29 is 9.13 Å². The minimum absolute atomic E-state index is 0. The van der Waals surface area contributed by atoms with Crippen molar-refractivity contribution in [1.82, 2.24) is 15.6 Å². The third kappa shape index (κ3) is 7.58. The number of pyridine rings is 1. The van der Waals surface area contributed by atoms with E-state index in [-0.39, 0.29) is 29.8 Å². The van der Waals surface area contributed by atoms with Gasteiger partial charge in [0.25, 0.3) is 0 Å². The van der Waals surface area contributed by atoms with Crippen LogP contribution in [0.4, 0.5) is 4.39 Å². The molecule has 0 fully saturated rings. The molecule has 0 atom stereocenters. The van der Waals surface area contributed by atoms with Crippen molar-refractivity contribution in [3.63, 3.8) is 0 Å². The first-order valence-electron chi connectivity index (χ1n) is 7.51. The van der Waals surface area contributed by atoms with Crippen LogP contribution in [-0.4, -0.2) is 31.1 Å². The Morgan fingerprint density at radius 3 is 2.62 bits per heavy atom. The number of hydrogen-bond acceptors (Lipinski definition) is 3. The summed E-state index contributed by atoms with van der Waals surface area (Å²) in [5, 5.41) is 6.40. The van der Waals surface area contributed by atoms with E-state index in [0.29, 0.717) is 18.9 Å². The maximum atomic E-state index is 12.8. The van der Waals surface area contributed by atoms with Gasteiger partial charge in [-0.2, -0.15) is 0 Å². The highest BCUT2D eigenvalue weighted by molar-refractivity contribution is 14.0. The van der Waals surface area contributed by atoms with Crippen molar-refractivity contribution in [1.29, 1.82) is 0 Å². The van der Waals surface area contributed by atoms with Crippen LogP contribution in [0.25, 0.3) is 0 Å². The van der Waals surface area contributed by atoms with Crippen LogP contribution in [0.15, 0.2) is 53.7 Å². The highest BCUT2D eigenvalue weighted by Crippen LogP contribution is 2.10. The second-order valence-electron chi connectivity index (χ2n) is 4.83.